The molecule has 4 heterocycles. The number of imidazole rings is 1. The van der Waals surface area contributed by atoms with Gasteiger partial charge in [-0.2, -0.15) is 0 Å². The molecule has 4 aromatic rings. The van der Waals surface area contributed by atoms with Crippen molar-refractivity contribution >= 4 is 17.6 Å². The molecular weight excluding hydrogens is 465 g/mol. The van der Waals surface area contributed by atoms with E-state index in [0.717, 1.165) is 5.82 Å². The number of carbonyl (C=O) groups is 2. The number of cyclic esters (lactones) is 1. The molecule has 0 saturated carbocycles. The molecule has 1 amide bonds. The molecule has 3 aromatic heterocycles. The van der Waals surface area contributed by atoms with Crippen molar-refractivity contribution in [2.75, 3.05) is 11.4 Å². The maximum absolute atomic E-state index is 15.0. The van der Waals surface area contributed by atoms with E-state index < -0.39 is 18.0 Å². The summed E-state index contributed by atoms with van der Waals surface area (Å²) in [5.41, 5.74) is 1.52. The van der Waals surface area contributed by atoms with Gasteiger partial charge in [0.1, 0.15) is 23.4 Å². The van der Waals surface area contributed by atoms with Gasteiger partial charge in [0, 0.05) is 41.8 Å². The Morgan fingerprint density at radius 1 is 1.17 bits per heavy atom. The molecule has 11 heteroatoms. The van der Waals surface area contributed by atoms with Crippen LogP contribution in [0.15, 0.2) is 61.3 Å². The van der Waals surface area contributed by atoms with Crippen molar-refractivity contribution in [2.24, 2.45) is 0 Å². The lowest BCUT2D eigenvalue weighted by Crippen LogP contribution is -2.26. The first kappa shape index (κ1) is 23.3. The Kier molecular flexibility index (Phi) is 6.28. The van der Waals surface area contributed by atoms with E-state index in [2.05, 4.69) is 20.3 Å². The lowest BCUT2D eigenvalue weighted by atomic mass is 10.1. The minimum absolute atomic E-state index is 0.132. The summed E-state index contributed by atoms with van der Waals surface area (Å²) in [6.45, 7) is 4.79. The van der Waals surface area contributed by atoms with Crippen LogP contribution < -0.4 is 4.90 Å². The van der Waals surface area contributed by atoms with Gasteiger partial charge in [-0.25, -0.2) is 18.9 Å². The predicted octanol–water partition coefficient (Wildman–Crippen LogP) is 3.71. The molecule has 1 aromatic carbocycles. The Balaban J connectivity index is 1.27. The van der Waals surface area contributed by atoms with Gasteiger partial charge in [-0.05, 0) is 24.3 Å². The van der Waals surface area contributed by atoms with Gasteiger partial charge in [-0.1, -0.05) is 25.1 Å². The molecule has 1 aliphatic heterocycles. The number of nitrogens with zero attached hydrogens (tertiary/aromatic N) is 7. The summed E-state index contributed by atoms with van der Waals surface area (Å²) < 4.78 is 23.8. The van der Waals surface area contributed by atoms with Crippen molar-refractivity contribution in [3.05, 3.63) is 78.7 Å². The zero-order chi connectivity index (χ0) is 25.2. The number of ketones is 1. The van der Waals surface area contributed by atoms with Gasteiger partial charge in [0.25, 0.3) is 0 Å². The molecule has 1 saturated heterocycles. The number of rotatable bonds is 8. The van der Waals surface area contributed by atoms with Crippen molar-refractivity contribution in [2.45, 2.75) is 39.0 Å². The lowest BCUT2D eigenvalue weighted by molar-refractivity contribution is 0.0965. The van der Waals surface area contributed by atoms with E-state index in [1.807, 2.05) is 13.8 Å². The van der Waals surface area contributed by atoms with Crippen molar-refractivity contribution in [1.82, 2.24) is 29.5 Å². The predicted molar refractivity (Wildman–Crippen MR) is 128 cm³/mol. The molecule has 0 radical (unpaired) electrons. The van der Waals surface area contributed by atoms with Crippen molar-refractivity contribution in [3.63, 3.8) is 0 Å². The van der Waals surface area contributed by atoms with E-state index in [9.17, 15) is 9.59 Å². The van der Waals surface area contributed by atoms with E-state index in [4.69, 9.17) is 4.74 Å². The van der Waals surface area contributed by atoms with Crippen molar-refractivity contribution in [1.29, 1.82) is 0 Å². The summed E-state index contributed by atoms with van der Waals surface area (Å²) in [5, 5.41) is 7.61. The number of anilines is 1. The molecule has 36 heavy (non-hydrogen) atoms. The molecule has 0 spiro atoms. The van der Waals surface area contributed by atoms with E-state index >= 15 is 4.39 Å². The number of hydrogen-bond donors (Lipinski definition) is 0. The third-order valence-electron chi connectivity index (χ3n) is 5.94. The topological polar surface area (TPSA) is 108 Å². The number of ether oxygens (including phenoxy) is 1. The van der Waals surface area contributed by atoms with E-state index in [1.54, 1.807) is 58.3 Å². The second-order valence-electron chi connectivity index (χ2n) is 8.83. The fourth-order valence-electron chi connectivity index (χ4n) is 4.18. The Bertz CT molecular complexity index is 1380. The molecular formula is C25H24FN7O3. The average Bonchev–Trinajstić information content (AvgIpc) is 3.61. The van der Waals surface area contributed by atoms with Gasteiger partial charge >= 0.3 is 6.09 Å². The summed E-state index contributed by atoms with van der Waals surface area (Å²) in [4.78, 5) is 35.0. The number of halogens is 1. The zero-order valence-corrected chi connectivity index (χ0v) is 19.8. The molecule has 10 nitrogen and oxygen atoms in total. The van der Waals surface area contributed by atoms with Crippen LogP contribution in [0.25, 0.3) is 11.1 Å². The highest BCUT2D eigenvalue weighted by atomic mass is 19.1. The Morgan fingerprint density at radius 3 is 2.72 bits per heavy atom. The van der Waals surface area contributed by atoms with Crippen LogP contribution in [0.5, 0.6) is 0 Å². The van der Waals surface area contributed by atoms with Gasteiger partial charge in [0.2, 0.25) is 5.78 Å². The van der Waals surface area contributed by atoms with Gasteiger partial charge in [-0.3, -0.25) is 14.7 Å². The Hall–Kier alpha value is -4.41. The second kappa shape index (κ2) is 9.68. The number of benzene rings is 1. The van der Waals surface area contributed by atoms with Crippen LogP contribution in [0.3, 0.4) is 0 Å². The highest BCUT2D eigenvalue weighted by molar-refractivity contribution is 5.94. The first-order chi connectivity index (χ1) is 17.4. The fourth-order valence-corrected chi connectivity index (χ4v) is 4.18. The normalized spacial score (nSPS) is 15.5. The molecule has 1 aliphatic rings. The summed E-state index contributed by atoms with van der Waals surface area (Å²) in [6.07, 6.45) is 7.17. The van der Waals surface area contributed by atoms with Crippen LogP contribution in [0.2, 0.25) is 0 Å². The third-order valence-corrected chi connectivity index (χ3v) is 5.94. The van der Waals surface area contributed by atoms with Crippen LogP contribution >= 0.6 is 0 Å². The van der Waals surface area contributed by atoms with Gasteiger partial charge < -0.3 is 9.30 Å². The minimum atomic E-state index is -0.546. The number of aromatic nitrogens is 6. The smallest absolute Gasteiger partial charge is 0.414 e. The molecule has 0 bridgehead atoms. The SMILES string of the molecule is CC(C)c1nccn1CC(=O)c1ccc(-c2ccc(N3C[C@H](Cn4ccnn4)OC3=O)cc2F)cn1. The summed E-state index contributed by atoms with van der Waals surface area (Å²) >= 11 is 0. The van der Waals surface area contributed by atoms with E-state index in [0.29, 0.717) is 23.4 Å². The zero-order valence-electron chi connectivity index (χ0n) is 19.8. The van der Waals surface area contributed by atoms with Crippen molar-refractivity contribution < 1.29 is 18.7 Å². The summed E-state index contributed by atoms with van der Waals surface area (Å²) in [6, 6.07) is 7.78. The van der Waals surface area contributed by atoms with Gasteiger partial charge in [0.15, 0.2) is 0 Å². The highest BCUT2D eigenvalue weighted by Gasteiger charge is 2.33. The molecule has 184 valence electrons. The first-order valence-corrected chi connectivity index (χ1v) is 11.5. The first-order valence-electron chi connectivity index (χ1n) is 11.5. The molecule has 0 N–H and O–H groups in total. The van der Waals surface area contributed by atoms with E-state index in [-0.39, 0.29) is 30.5 Å². The number of Topliss-reactive ketones (excluding diaryl/α,β-unsaturated/α-hetero) is 1. The standard InChI is InChI=1S/C25H24FN7O3/c1-16(2)24-27-7-9-31(24)15-23(34)22-6-3-17(12-28-22)20-5-4-18(11-21(20)26)33-14-19(36-25(33)35)13-32-10-8-29-30-32/h3-12,16,19H,13-15H2,1-2H3/t19-/m0/s1. The third kappa shape index (κ3) is 4.72. The molecule has 0 unspecified atom stereocenters. The number of hydrogen-bond acceptors (Lipinski definition) is 7. The van der Waals surface area contributed by atoms with E-state index in [1.165, 1.54) is 17.2 Å². The van der Waals surface area contributed by atoms with Gasteiger partial charge in [-0.15, -0.1) is 5.10 Å². The lowest BCUT2D eigenvalue weighted by Gasteiger charge is -2.14. The van der Waals surface area contributed by atoms with Crippen LogP contribution in [0, 0.1) is 5.82 Å². The second-order valence-corrected chi connectivity index (χ2v) is 8.83. The molecule has 1 fully saturated rings. The molecule has 5 rings (SSSR count). The van der Waals surface area contributed by atoms with Crippen molar-refractivity contribution in [3.8, 4) is 11.1 Å². The van der Waals surface area contributed by atoms with Crippen LogP contribution in [0.1, 0.15) is 36.1 Å². The molecule has 0 aliphatic carbocycles. The monoisotopic (exact) mass is 489 g/mol. The average molecular weight is 490 g/mol. The Morgan fingerprint density at radius 2 is 2.03 bits per heavy atom. The number of pyridine rings is 1. The number of carbonyl (C=O) groups excluding carboxylic acids is 2. The van der Waals surface area contributed by atoms with Crippen LogP contribution in [-0.2, 0) is 17.8 Å². The quantitative estimate of drug-likeness (QED) is 0.347. The summed E-state index contributed by atoms with van der Waals surface area (Å²) in [5.74, 6) is 0.343. The van der Waals surface area contributed by atoms with Crippen LogP contribution in [-0.4, -0.2) is 54.1 Å². The maximum atomic E-state index is 15.0. The summed E-state index contributed by atoms with van der Waals surface area (Å²) in [7, 11) is 0. The minimum Gasteiger partial charge on any atom is -0.442 e. The highest BCUT2D eigenvalue weighted by Crippen LogP contribution is 2.29. The van der Waals surface area contributed by atoms with Crippen LogP contribution in [0.4, 0.5) is 14.9 Å². The van der Waals surface area contributed by atoms with Gasteiger partial charge in [0.05, 0.1) is 31.5 Å². The molecule has 1 atom stereocenters. The maximum Gasteiger partial charge on any atom is 0.414 e. The Labute approximate surface area is 206 Å². The largest absolute Gasteiger partial charge is 0.442 e. The number of amides is 1. The fraction of sp³-hybridized carbons (Fsp3) is 0.280.